The molecule has 0 spiro atoms. The Morgan fingerprint density at radius 1 is 1.37 bits per heavy atom. The lowest BCUT2D eigenvalue weighted by molar-refractivity contribution is -0.137. The third-order valence-corrected chi connectivity index (χ3v) is 6.70. The van der Waals surface area contributed by atoms with Gasteiger partial charge in [0, 0.05) is 42.9 Å². The molecule has 2 fully saturated rings. The molecule has 1 N–H and O–H groups in total. The predicted molar refractivity (Wildman–Crippen MR) is 99.1 cm³/mol. The number of benzene rings is 1. The summed E-state index contributed by atoms with van der Waals surface area (Å²) < 4.78 is 44.9. The largest absolute Gasteiger partial charge is 0.416 e. The molecule has 148 valence electrons. The number of nitrogens with one attached hydrogen (secondary N) is 1. The quantitative estimate of drug-likeness (QED) is 0.847. The van der Waals surface area contributed by atoms with Crippen molar-refractivity contribution >= 4 is 23.4 Å². The summed E-state index contributed by atoms with van der Waals surface area (Å²) in [5.41, 5.74) is 0.811. The average Bonchev–Trinajstić information content (AvgIpc) is 3.18. The van der Waals surface area contributed by atoms with Crippen LogP contribution in [0.1, 0.15) is 24.0 Å². The summed E-state index contributed by atoms with van der Waals surface area (Å²) in [7, 11) is 0. The zero-order valence-corrected chi connectivity index (χ0v) is 15.7. The third kappa shape index (κ3) is 3.92. The van der Waals surface area contributed by atoms with Gasteiger partial charge in [0.05, 0.1) is 17.6 Å². The van der Waals surface area contributed by atoms with E-state index in [0.29, 0.717) is 18.5 Å². The number of halogens is 3. The van der Waals surface area contributed by atoms with E-state index >= 15 is 0 Å². The van der Waals surface area contributed by atoms with Gasteiger partial charge in [0.25, 0.3) is 0 Å². The fraction of sp³-hybridized carbons (Fsp3) is 0.632. The van der Waals surface area contributed by atoms with Crippen LogP contribution in [-0.4, -0.2) is 49.3 Å². The molecule has 3 aliphatic heterocycles. The number of rotatable bonds is 3. The number of ether oxygens (including phenoxy) is 1. The first-order valence-electron chi connectivity index (χ1n) is 9.37. The lowest BCUT2D eigenvalue weighted by atomic mass is 9.84. The summed E-state index contributed by atoms with van der Waals surface area (Å²) >= 11 is 1.80. The highest BCUT2D eigenvalue weighted by atomic mass is 32.2. The van der Waals surface area contributed by atoms with Gasteiger partial charge >= 0.3 is 6.18 Å². The van der Waals surface area contributed by atoms with Crippen molar-refractivity contribution < 1.29 is 22.7 Å². The topological polar surface area (TPSA) is 41.6 Å². The van der Waals surface area contributed by atoms with Crippen molar-refractivity contribution in [3.05, 3.63) is 29.3 Å². The molecule has 3 heterocycles. The molecule has 1 aromatic carbocycles. The lowest BCUT2D eigenvalue weighted by Gasteiger charge is -2.45. The summed E-state index contributed by atoms with van der Waals surface area (Å²) in [4.78, 5) is 15.0. The van der Waals surface area contributed by atoms with Crippen molar-refractivity contribution in [3.8, 4) is 0 Å². The van der Waals surface area contributed by atoms with Crippen LogP contribution in [0, 0.1) is 5.92 Å². The maximum absolute atomic E-state index is 13.1. The Labute approximate surface area is 160 Å². The minimum atomic E-state index is -4.37. The van der Waals surface area contributed by atoms with Gasteiger partial charge in [0.15, 0.2) is 0 Å². The Balaban J connectivity index is 1.56. The minimum absolute atomic E-state index is 0.0254. The van der Waals surface area contributed by atoms with Gasteiger partial charge < -0.3 is 15.0 Å². The molecule has 0 saturated carbocycles. The van der Waals surface area contributed by atoms with Crippen molar-refractivity contribution in [1.29, 1.82) is 0 Å². The molecule has 0 aliphatic carbocycles. The van der Waals surface area contributed by atoms with Crippen molar-refractivity contribution in [3.63, 3.8) is 0 Å². The van der Waals surface area contributed by atoms with Crippen LogP contribution < -0.4 is 10.2 Å². The Bertz CT molecular complexity index is 707. The number of hydrogen-bond acceptors (Lipinski definition) is 4. The van der Waals surface area contributed by atoms with Crippen LogP contribution >= 0.6 is 11.8 Å². The molecule has 3 atom stereocenters. The summed E-state index contributed by atoms with van der Waals surface area (Å²) in [5, 5.41) is 2.98. The first kappa shape index (κ1) is 18.9. The maximum atomic E-state index is 13.1. The van der Waals surface area contributed by atoms with Gasteiger partial charge in [-0.2, -0.15) is 24.9 Å². The molecule has 4 nitrogen and oxygen atoms in total. The number of carbonyl (C=O) groups is 1. The number of alkyl halides is 3. The van der Waals surface area contributed by atoms with Crippen molar-refractivity contribution in [2.24, 2.45) is 5.92 Å². The number of anilines is 1. The van der Waals surface area contributed by atoms with Crippen LogP contribution in [0.3, 0.4) is 0 Å². The van der Waals surface area contributed by atoms with E-state index in [4.69, 9.17) is 4.74 Å². The first-order valence-corrected chi connectivity index (χ1v) is 10.5. The van der Waals surface area contributed by atoms with Crippen LogP contribution in [-0.2, 0) is 22.1 Å². The van der Waals surface area contributed by atoms with Crippen LogP contribution in [0.4, 0.5) is 18.9 Å². The third-order valence-electron chi connectivity index (χ3n) is 5.65. The second kappa shape index (κ2) is 7.54. The van der Waals surface area contributed by atoms with E-state index in [0.717, 1.165) is 49.3 Å². The van der Waals surface area contributed by atoms with Crippen molar-refractivity contribution in [2.75, 3.05) is 36.1 Å². The van der Waals surface area contributed by atoms with Gasteiger partial charge in [-0.3, -0.25) is 4.79 Å². The van der Waals surface area contributed by atoms with Crippen LogP contribution in [0.2, 0.25) is 0 Å². The molecular formula is C19H23F3N2O2S. The zero-order chi connectivity index (χ0) is 19.0. The molecular weight excluding hydrogens is 377 g/mol. The molecule has 0 radical (unpaired) electrons. The molecule has 3 aliphatic rings. The fourth-order valence-corrected chi connectivity index (χ4v) is 5.40. The van der Waals surface area contributed by atoms with Crippen molar-refractivity contribution in [1.82, 2.24) is 5.32 Å². The van der Waals surface area contributed by atoms with Crippen LogP contribution in [0.15, 0.2) is 18.2 Å². The van der Waals surface area contributed by atoms with Gasteiger partial charge in [-0.05, 0) is 43.0 Å². The number of nitrogens with zero attached hydrogens (tertiary/aromatic N) is 1. The number of amides is 1. The van der Waals surface area contributed by atoms with E-state index in [9.17, 15) is 18.0 Å². The van der Waals surface area contributed by atoms with Gasteiger partial charge in [-0.15, -0.1) is 0 Å². The summed E-state index contributed by atoms with van der Waals surface area (Å²) in [6.07, 6.45) is -2.03. The number of fused-ring (bicyclic) bond motifs is 3. The SMILES string of the molecule is O=C(NC[C@@H]1CCCO1)[C@@H]1Cc2cc(C(F)(F)F)ccc2N2CCSC[C@H]12. The lowest BCUT2D eigenvalue weighted by Crippen LogP contribution is -2.55. The first-order chi connectivity index (χ1) is 12.9. The van der Waals surface area contributed by atoms with Gasteiger partial charge in [-0.1, -0.05) is 0 Å². The minimum Gasteiger partial charge on any atom is -0.376 e. The van der Waals surface area contributed by atoms with E-state index in [2.05, 4.69) is 10.2 Å². The molecule has 1 aromatic rings. The molecule has 27 heavy (non-hydrogen) atoms. The van der Waals surface area contributed by atoms with E-state index in [1.165, 1.54) is 6.07 Å². The summed E-state index contributed by atoms with van der Waals surface area (Å²) in [5.74, 6) is 1.32. The Morgan fingerprint density at radius 2 is 2.22 bits per heavy atom. The highest BCUT2D eigenvalue weighted by molar-refractivity contribution is 7.99. The Hall–Kier alpha value is -1.41. The maximum Gasteiger partial charge on any atom is 0.416 e. The highest BCUT2D eigenvalue weighted by Gasteiger charge is 2.41. The second-order valence-electron chi connectivity index (χ2n) is 7.37. The molecule has 1 amide bonds. The molecule has 0 bridgehead atoms. The molecule has 0 aromatic heterocycles. The normalized spacial score (nSPS) is 27.8. The average molecular weight is 400 g/mol. The molecule has 8 heteroatoms. The van der Waals surface area contributed by atoms with Gasteiger partial charge in [-0.25, -0.2) is 0 Å². The van der Waals surface area contributed by atoms with E-state index in [1.54, 1.807) is 17.8 Å². The number of hydrogen-bond donors (Lipinski definition) is 1. The Kier molecular flexibility index (Phi) is 5.29. The highest BCUT2D eigenvalue weighted by Crippen LogP contribution is 2.40. The molecule has 4 rings (SSSR count). The second-order valence-corrected chi connectivity index (χ2v) is 8.52. The molecule has 0 unspecified atom stereocenters. The standard InChI is InChI=1S/C19H23F3N2O2S/c20-19(21,22)13-3-4-16-12(8-13)9-15(17-11-27-7-5-24(16)17)18(25)23-10-14-2-1-6-26-14/h3-4,8,14-15,17H,1-2,5-7,9-11H2,(H,23,25)/t14-,15+,17+/m0/s1. The van der Waals surface area contributed by atoms with Crippen molar-refractivity contribution in [2.45, 2.75) is 37.6 Å². The van der Waals surface area contributed by atoms with Crippen LogP contribution in [0.25, 0.3) is 0 Å². The zero-order valence-electron chi connectivity index (χ0n) is 14.9. The van der Waals surface area contributed by atoms with E-state index < -0.39 is 11.7 Å². The fourth-order valence-electron chi connectivity index (χ4n) is 4.25. The van der Waals surface area contributed by atoms with E-state index in [-0.39, 0.29) is 24.0 Å². The summed E-state index contributed by atoms with van der Waals surface area (Å²) in [6.45, 7) is 1.96. The van der Waals surface area contributed by atoms with Crippen LogP contribution in [0.5, 0.6) is 0 Å². The predicted octanol–water partition coefficient (Wildman–Crippen LogP) is 3.09. The van der Waals surface area contributed by atoms with Gasteiger partial charge in [0.2, 0.25) is 5.91 Å². The van der Waals surface area contributed by atoms with E-state index in [1.807, 2.05) is 0 Å². The number of carbonyl (C=O) groups excluding carboxylic acids is 1. The Morgan fingerprint density at radius 3 is 2.96 bits per heavy atom. The van der Waals surface area contributed by atoms with Gasteiger partial charge in [0.1, 0.15) is 0 Å². The smallest absolute Gasteiger partial charge is 0.376 e. The number of thioether (sulfide) groups is 1. The molecule has 2 saturated heterocycles. The summed E-state index contributed by atoms with van der Waals surface area (Å²) in [6, 6.07) is 3.96. The monoisotopic (exact) mass is 400 g/mol.